The Hall–Kier alpha value is -0.170. The summed E-state index contributed by atoms with van der Waals surface area (Å²) >= 11 is 0. The summed E-state index contributed by atoms with van der Waals surface area (Å²) in [6, 6.07) is 0. The number of likely N-dealkylation sites (N-methyl/N-ethyl adjacent to an activating group) is 1. The Kier molecular flexibility index (Phi) is 4.64. The maximum absolute atomic E-state index is 12.4. The van der Waals surface area contributed by atoms with Gasteiger partial charge in [-0.2, -0.15) is 17.0 Å². The summed E-state index contributed by atoms with van der Waals surface area (Å²) in [5.74, 6) is 0.312. The number of aliphatic hydroxyl groups is 1. The smallest absolute Gasteiger partial charge is 0.281 e. The van der Waals surface area contributed by atoms with Crippen LogP contribution in [0.5, 0.6) is 0 Å². The van der Waals surface area contributed by atoms with E-state index in [2.05, 4.69) is 0 Å². The first-order valence-corrected chi connectivity index (χ1v) is 8.31. The van der Waals surface area contributed by atoms with Crippen molar-refractivity contribution in [3.63, 3.8) is 0 Å². The van der Waals surface area contributed by atoms with Crippen LogP contribution in [-0.4, -0.2) is 54.9 Å². The van der Waals surface area contributed by atoms with Crippen molar-refractivity contribution >= 4 is 10.2 Å². The van der Waals surface area contributed by atoms with Crippen LogP contribution in [0.3, 0.4) is 0 Å². The van der Waals surface area contributed by atoms with Crippen molar-refractivity contribution in [3.8, 4) is 0 Å². The summed E-state index contributed by atoms with van der Waals surface area (Å²) in [4.78, 5) is 0. The van der Waals surface area contributed by atoms with E-state index in [0.717, 1.165) is 38.5 Å². The molecule has 106 valence electrons. The van der Waals surface area contributed by atoms with Crippen LogP contribution in [0.1, 0.15) is 38.5 Å². The van der Waals surface area contributed by atoms with E-state index < -0.39 is 16.3 Å². The molecule has 18 heavy (non-hydrogen) atoms. The Morgan fingerprint density at radius 2 is 1.78 bits per heavy atom. The summed E-state index contributed by atoms with van der Waals surface area (Å²) in [6.07, 6.45) is 5.66. The monoisotopic (exact) mass is 276 g/mol. The number of rotatable bonds is 5. The Morgan fingerprint density at radius 1 is 1.22 bits per heavy atom. The summed E-state index contributed by atoms with van der Waals surface area (Å²) in [5, 5.41) is 9.85. The topological polar surface area (TPSA) is 60.9 Å². The first kappa shape index (κ1) is 14.2. The normalized spacial score (nSPS) is 25.1. The Labute approximate surface area is 110 Å². The van der Waals surface area contributed by atoms with E-state index >= 15 is 0 Å². The lowest BCUT2D eigenvalue weighted by Gasteiger charge is -2.27. The minimum absolute atomic E-state index is 0.226. The maximum atomic E-state index is 12.4. The maximum Gasteiger partial charge on any atom is 0.281 e. The summed E-state index contributed by atoms with van der Waals surface area (Å²) in [7, 11) is -1.80. The lowest BCUT2D eigenvalue weighted by Crippen LogP contribution is -2.45. The molecule has 0 spiro atoms. The fourth-order valence-corrected chi connectivity index (χ4v) is 3.91. The van der Waals surface area contributed by atoms with E-state index in [1.54, 1.807) is 11.4 Å². The number of aliphatic hydroxyl groups excluding tert-OH is 1. The van der Waals surface area contributed by atoms with Gasteiger partial charge in [0.25, 0.3) is 10.2 Å². The van der Waals surface area contributed by atoms with E-state index in [-0.39, 0.29) is 6.54 Å². The van der Waals surface area contributed by atoms with Gasteiger partial charge in [-0.25, -0.2) is 0 Å². The average molecular weight is 276 g/mol. The van der Waals surface area contributed by atoms with E-state index in [4.69, 9.17) is 0 Å². The quantitative estimate of drug-likeness (QED) is 0.808. The van der Waals surface area contributed by atoms with Crippen molar-refractivity contribution in [2.24, 2.45) is 5.92 Å². The van der Waals surface area contributed by atoms with Gasteiger partial charge in [0.2, 0.25) is 0 Å². The Morgan fingerprint density at radius 3 is 2.28 bits per heavy atom. The van der Waals surface area contributed by atoms with Crippen molar-refractivity contribution < 1.29 is 13.5 Å². The third-order valence-corrected chi connectivity index (χ3v) is 5.85. The van der Waals surface area contributed by atoms with Crippen molar-refractivity contribution in [2.75, 3.05) is 26.7 Å². The molecule has 1 aliphatic heterocycles. The van der Waals surface area contributed by atoms with E-state index in [1.807, 2.05) is 0 Å². The lowest BCUT2D eigenvalue weighted by molar-refractivity contribution is 0.129. The fourth-order valence-electron chi connectivity index (χ4n) is 2.46. The third kappa shape index (κ3) is 3.44. The minimum atomic E-state index is -3.38. The summed E-state index contributed by atoms with van der Waals surface area (Å²) in [6.45, 7) is 1.46. The van der Waals surface area contributed by atoms with Crippen LogP contribution in [0.4, 0.5) is 0 Å². The predicted molar refractivity (Wildman–Crippen MR) is 70.3 cm³/mol. The average Bonchev–Trinajstić information content (AvgIpc) is 3.15. The molecule has 0 aromatic heterocycles. The molecule has 2 fully saturated rings. The molecule has 5 nitrogen and oxygen atoms in total. The fraction of sp³-hybridized carbons (Fsp3) is 1.00. The summed E-state index contributed by atoms with van der Waals surface area (Å²) < 4.78 is 27.6. The van der Waals surface area contributed by atoms with Gasteiger partial charge in [0.15, 0.2) is 0 Å². The van der Waals surface area contributed by atoms with Crippen molar-refractivity contribution in [1.29, 1.82) is 0 Å². The van der Waals surface area contributed by atoms with E-state index in [9.17, 15) is 13.5 Å². The van der Waals surface area contributed by atoms with Gasteiger partial charge in [0, 0.05) is 26.7 Å². The van der Waals surface area contributed by atoms with Crippen LogP contribution in [0, 0.1) is 5.92 Å². The summed E-state index contributed by atoms with van der Waals surface area (Å²) in [5.41, 5.74) is 0. The highest BCUT2D eigenvalue weighted by Crippen LogP contribution is 2.33. The zero-order chi connectivity index (χ0) is 13.2. The Balaban J connectivity index is 1.94. The number of nitrogens with zero attached hydrogens (tertiary/aromatic N) is 2. The number of hydrogen-bond acceptors (Lipinski definition) is 3. The van der Waals surface area contributed by atoms with Gasteiger partial charge in [-0.05, 0) is 31.6 Å². The molecular weight excluding hydrogens is 252 g/mol. The lowest BCUT2D eigenvalue weighted by atomic mass is 10.2. The van der Waals surface area contributed by atoms with Gasteiger partial charge in [-0.1, -0.05) is 12.8 Å². The van der Waals surface area contributed by atoms with Gasteiger partial charge in [-0.3, -0.25) is 0 Å². The molecule has 1 saturated heterocycles. The van der Waals surface area contributed by atoms with Crippen LogP contribution in [0.2, 0.25) is 0 Å². The SMILES string of the molecule is CN(CC(O)C1CC1)S(=O)(=O)N1CCCCCC1. The predicted octanol–water partition coefficient (Wildman–Crippen LogP) is 0.810. The third-order valence-electron chi connectivity index (χ3n) is 3.90. The largest absolute Gasteiger partial charge is 0.391 e. The molecule has 0 radical (unpaired) electrons. The molecule has 0 bridgehead atoms. The van der Waals surface area contributed by atoms with Gasteiger partial charge in [0.05, 0.1) is 6.10 Å². The molecule has 1 aliphatic carbocycles. The first-order valence-electron chi connectivity index (χ1n) is 6.91. The van der Waals surface area contributed by atoms with E-state index in [0.29, 0.717) is 19.0 Å². The Bertz CT molecular complexity index is 360. The highest BCUT2D eigenvalue weighted by atomic mass is 32.2. The van der Waals surface area contributed by atoms with Gasteiger partial charge in [-0.15, -0.1) is 0 Å². The molecule has 2 aliphatic rings. The van der Waals surface area contributed by atoms with Crippen molar-refractivity contribution in [3.05, 3.63) is 0 Å². The van der Waals surface area contributed by atoms with Gasteiger partial charge in [0.1, 0.15) is 0 Å². The molecule has 2 rings (SSSR count). The van der Waals surface area contributed by atoms with Crippen LogP contribution < -0.4 is 0 Å². The van der Waals surface area contributed by atoms with Crippen molar-refractivity contribution in [1.82, 2.24) is 8.61 Å². The van der Waals surface area contributed by atoms with E-state index in [1.165, 1.54) is 4.31 Å². The highest BCUT2D eigenvalue weighted by Gasteiger charge is 2.34. The minimum Gasteiger partial charge on any atom is -0.391 e. The molecule has 0 aromatic rings. The zero-order valence-corrected chi connectivity index (χ0v) is 11.9. The molecule has 1 unspecified atom stereocenters. The molecular formula is C12H24N2O3S. The molecule has 0 aromatic carbocycles. The van der Waals surface area contributed by atoms with Crippen LogP contribution in [0.25, 0.3) is 0 Å². The van der Waals surface area contributed by atoms with Gasteiger partial charge >= 0.3 is 0 Å². The second-order valence-electron chi connectivity index (χ2n) is 5.51. The standard InChI is InChI=1S/C12H24N2O3S/c1-13(10-12(15)11-6-7-11)18(16,17)14-8-4-2-3-5-9-14/h11-12,15H,2-10H2,1H3. The number of hydrogen-bond donors (Lipinski definition) is 1. The van der Waals surface area contributed by atoms with Crippen LogP contribution >= 0.6 is 0 Å². The second-order valence-corrected chi connectivity index (χ2v) is 7.54. The van der Waals surface area contributed by atoms with Crippen LogP contribution in [-0.2, 0) is 10.2 Å². The first-order chi connectivity index (χ1) is 8.51. The van der Waals surface area contributed by atoms with Crippen molar-refractivity contribution in [2.45, 2.75) is 44.6 Å². The molecule has 1 saturated carbocycles. The highest BCUT2D eigenvalue weighted by molar-refractivity contribution is 7.86. The molecule has 0 amide bonds. The van der Waals surface area contributed by atoms with Crippen LogP contribution in [0.15, 0.2) is 0 Å². The molecule has 1 N–H and O–H groups in total. The zero-order valence-electron chi connectivity index (χ0n) is 11.1. The molecule has 1 heterocycles. The molecule has 6 heteroatoms. The molecule has 1 atom stereocenters. The van der Waals surface area contributed by atoms with Gasteiger partial charge < -0.3 is 5.11 Å². The second kappa shape index (κ2) is 5.86.